The molecule has 1 aromatic heterocycles. The van der Waals surface area contributed by atoms with Gasteiger partial charge >= 0.3 is 6.18 Å². The van der Waals surface area contributed by atoms with E-state index in [1.54, 1.807) is 13.8 Å². The summed E-state index contributed by atoms with van der Waals surface area (Å²) in [4.78, 5) is 11.4. The lowest BCUT2D eigenvalue weighted by atomic mass is 10.2. The van der Waals surface area contributed by atoms with Gasteiger partial charge in [-0.15, -0.1) is 0 Å². The lowest BCUT2D eigenvalue weighted by molar-refractivity contribution is -0.138. The fourth-order valence-electron chi connectivity index (χ4n) is 1.16. The molecule has 0 amide bonds. The van der Waals surface area contributed by atoms with Crippen molar-refractivity contribution in [2.24, 2.45) is 0 Å². The average molecular weight is 220 g/mol. The molecular formula is C9H11F3N2O. The zero-order valence-electron chi connectivity index (χ0n) is 8.30. The van der Waals surface area contributed by atoms with Crippen molar-refractivity contribution in [3.8, 4) is 0 Å². The van der Waals surface area contributed by atoms with Crippen LogP contribution < -0.4 is 11.3 Å². The minimum Gasteiger partial charge on any atom is -0.394 e. The third kappa shape index (κ3) is 2.31. The van der Waals surface area contributed by atoms with E-state index in [9.17, 15) is 18.0 Å². The van der Waals surface area contributed by atoms with Gasteiger partial charge in [0.2, 0.25) is 0 Å². The Balaban J connectivity index is 3.43. The summed E-state index contributed by atoms with van der Waals surface area (Å²) < 4.78 is 38.1. The molecule has 84 valence electrons. The highest BCUT2D eigenvalue weighted by Gasteiger charge is 2.32. The molecule has 3 nitrogen and oxygen atoms in total. The lowest BCUT2D eigenvalue weighted by Crippen LogP contribution is -2.26. The SMILES string of the molecule is CC(C)n1cc(C(F)(F)F)cc(N)c1=O. The molecule has 1 rings (SSSR count). The summed E-state index contributed by atoms with van der Waals surface area (Å²) in [6, 6.07) is 0.295. The summed E-state index contributed by atoms with van der Waals surface area (Å²) >= 11 is 0. The predicted molar refractivity (Wildman–Crippen MR) is 50.5 cm³/mol. The van der Waals surface area contributed by atoms with Crippen LogP contribution in [0.5, 0.6) is 0 Å². The summed E-state index contributed by atoms with van der Waals surface area (Å²) in [7, 11) is 0. The molecular weight excluding hydrogens is 209 g/mol. The van der Waals surface area contributed by atoms with Crippen LogP contribution in [0.1, 0.15) is 25.5 Å². The first-order chi connectivity index (χ1) is 6.73. The first-order valence-electron chi connectivity index (χ1n) is 4.32. The first kappa shape index (κ1) is 11.6. The maximum Gasteiger partial charge on any atom is 0.417 e. The number of aromatic nitrogens is 1. The quantitative estimate of drug-likeness (QED) is 0.787. The van der Waals surface area contributed by atoms with Crippen LogP contribution in [0, 0.1) is 0 Å². The van der Waals surface area contributed by atoms with Gasteiger partial charge in [0.25, 0.3) is 5.56 Å². The largest absolute Gasteiger partial charge is 0.417 e. The number of nitrogens with zero attached hydrogens (tertiary/aromatic N) is 1. The Labute approximate surface area is 84.3 Å². The third-order valence-electron chi connectivity index (χ3n) is 1.95. The maximum absolute atomic E-state index is 12.4. The van der Waals surface area contributed by atoms with E-state index in [1.807, 2.05) is 0 Å². The van der Waals surface area contributed by atoms with E-state index < -0.39 is 23.0 Å². The van der Waals surface area contributed by atoms with Gasteiger partial charge in [0.15, 0.2) is 0 Å². The molecule has 15 heavy (non-hydrogen) atoms. The van der Waals surface area contributed by atoms with E-state index in [-0.39, 0.29) is 6.04 Å². The van der Waals surface area contributed by atoms with Crippen LogP contribution in [-0.2, 0) is 6.18 Å². The van der Waals surface area contributed by atoms with Crippen molar-refractivity contribution >= 4 is 5.69 Å². The van der Waals surface area contributed by atoms with Gasteiger partial charge in [-0.3, -0.25) is 4.79 Å². The molecule has 0 aromatic carbocycles. The zero-order chi connectivity index (χ0) is 11.8. The van der Waals surface area contributed by atoms with E-state index in [0.29, 0.717) is 6.07 Å². The molecule has 1 aromatic rings. The highest BCUT2D eigenvalue weighted by Crippen LogP contribution is 2.29. The number of nitrogens with two attached hydrogens (primary N) is 1. The summed E-state index contributed by atoms with van der Waals surface area (Å²) in [5.41, 5.74) is 3.32. The molecule has 0 radical (unpaired) electrons. The molecule has 0 aliphatic carbocycles. The monoisotopic (exact) mass is 220 g/mol. The number of nitrogen functional groups attached to an aromatic ring is 1. The molecule has 1 heterocycles. The molecule has 6 heteroatoms. The number of anilines is 1. The summed E-state index contributed by atoms with van der Waals surface area (Å²) in [5.74, 6) is 0. The summed E-state index contributed by atoms with van der Waals surface area (Å²) in [6.45, 7) is 3.22. The van der Waals surface area contributed by atoms with Crippen LogP contribution >= 0.6 is 0 Å². The van der Waals surface area contributed by atoms with Gasteiger partial charge in [-0.25, -0.2) is 0 Å². The second kappa shape index (κ2) is 3.60. The molecule has 0 atom stereocenters. The zero-order valence-corrected chi connectivity index (χ0v) is 8.30. The molecule has 2 N–H and O–H groups in total. The second-order valence-corrected chi connectivity index (χ2v) is 3.49. The minimum atomic E-state index is -4.49. The van der Waals surface area contributed by atoms with Gasteiger partial charge in [0, 0.05) is 12.2 Å². The normalized spacial score (nSPS) is 12.1. The highest BCUT2D eigenvalue weighted by atomic mass is 19.4. The van der Waals surface area contributed by atoms with Gasteiger partial charge in [-0.2, -0.15) is 13.2 Å². The van der Waals surface area contributed by atoms with E-state index in [1.165, 1.54) is 0 Å². The van der Waals surface area contributed by atoms with Crippen molar-refractivity contribution in [2.75, 3.05) is 5.73 Å². The first-order valence-corrected chi connectivity index (χ1v) is 4.32. The molecule has 0 bridgehead atoms. The van der Waals surface area contributed by atoms with Crippen molar-refractivity contribution < 1.29 is 13.2 Å². The summed E-state index contributed by atoms with van der Waals surface area (Å²) in [5, 5.41) is 0. The Hall–Kier alpha value is -1.46. The van der Waals surface area contributed by atoms with E-state index >= 15 is 0 Å². The van der Waals surface area contributed by atoms with Gasteiger partial charge in [0.1, 0.15) is 0 Å². The number of hydrogen-bond donors (Lipinski definition) is 1. The molecule has 0 aliphatic rings. The number of pyridine rings is 1. The van der Waals surface area contributed by atoms with Gasteiger partial charge in [-0.1, -0.05) is 0 Å². The van der Waals surface area contributed by atoms with Crippen LogP contribution in [0.2, 0.25) is 0 Å². The van der Waals surface area contributed by atoms with E-state index in [4.69, 9.17) is 5.73 Å². The maximum atomic E-state index is 12.4. The van der Waals surface area contributed by atoms with Crippen LogP contribution in [0.4, 0.5) is 18.9 Å². The van der Waals surface area contributed by atoms with E-state index in [0.717, 1.165) is 10.8 Å². The number of hydrogen-bond acceptors (Lipinski definition) is 2. The molecule has 0 saturated carbocycles. The van der Waals surface area contributed by atoms with Gasteiger partial charge < -0.3 is 10.3 Å². The topological polar surface area (TPSA) is 48.0 Å². The van der Waals surface area contributed by atoms with Crippen molar-refractivity contribution in [3.05, 3.63) is 28.2 Å². The second-order valence-electron chi connectivity index (χ2n) is 3.49. The number of rotatable bonds is 1. The van der Waals surface area contributed by atoms with Crippen molar-refractivity contribution in [1.82, 2.24) is 4.57 Å². The van der Waals surface area contributed by atoms with E-state index in [2.05, 4.69) is 0 Å². The predicted octanol–water partition coefficient (Wildman–Crippen LogP) is 2.03. The molecule has 0 saturated heterocycles. The van der Waals surface area contributed by atoms with Crippen LogP contribution in [0.15, 0.2) is 17.1 Å². The van der Waals surface area contributed by atoms with Crippen LogP contribution in [-0.4, -0.2) is 4.57 Å². The standard InChI is InChI=1S/C9H11F3N2O/c1-5(2)14-4-6(9(10,11)12)3-7(13)8(14)15/h3-5H,13H2,1-2H3. The Bertz CT molecular complexity index is 420. The van der Waals surface area contributed by atoms with Crippen molar-refractivity contribution in [2.45, 2.75) is 26.1 Å². The third-order valence-corrected chi connectivity index (χ3v) is 1.95. The number of halogens is 3. The number of alkyl halides is 3. The fraction of sp³-hybridized carbons (Fsp3) is 0.444. The highest BCUT2D eigenvalue weighted by molar-refractivity contribution is 5.39. The molecule has 0 aliphatic heterocycles. The molecule has 0 spiro atoms. The Kier molecular flexibility index (Phi) is 2.79. The Morgan fingerprint density at radius 3 is 2.33 bits per heavy atom. The minimum absolute atomic E-state index is 0.359. The lowest BCUT2D eigenvalue weighted by Gasteiger charge is -2.14. The molecule has 0 fully saturated rings. The van der Waals surface area contributed by atoms with Crippen LogP contribution in [0.3, 0.4) is 0 Å². The van der Waals surface area contributed by atoms with Gasteiger partial charge in [0.05, 0.1) is 11.3 Å². The molecule has 0 unspecified atom stereocenters. The summed E-state index contributed by atoms with van der Waals surface area (Å²) in [6.07, 6.45) is -3.71. The Morgan fingerprint density at radius 1 is 1.40 bits per heavy atom. The average Bonchev–Trinajstić information content (AvgIpc) is 2.06. The van der Waals surface area contributed by atoms with Crippen LogP contribution in [0.25, 0.3) is 0 Å². The fourth-order valence-corrected chi connectivity index (χ4v) is 1.16. The van der Waals surface area contributed by atoms with Crippen molar-refractivity contribution in [3.63, 3.8) is 0 Å². The Morgan fingerprint density at radius 2 is 1.93 bits per heavy atom. The van der Waals surface area contributed by atoms with Gasteiger partial charge in [-0.05, 0) is 19.9 Å². The smallest absolute Gasteiger partial charge is 0.394 e. The van der Waals surface area contributed by atoms with Crippen molar-refractivity contribution in [1.29, 1.82) is 0 Å².